The van der Waals surface area contributed by atoms with Crippen LogP contribution in [0, 0.1) is 12.3 Å². The first-order valence-electron chi connectivity index (χ1n) is 19.5. The Morgan fingerprint density at radius 3 is 2.38 bits per heavy atom. The Hall–Kier alpha value is -5.91. The van der Waals surface area contributed by atoms with Gasteiger partial charge in [-0.25, -0.2) is 4.79 Å². The van der Waals surface area contributed by atoms with E-state index >= 15 is 0 Å². The Bertz CT molecular complexity index is 2620. The average molecular weight is 740 g/mol. The van der Waals surface area contributed by atoms with Gasteiger partial charge in [0.25, 0.3) is 0 Å². The summed E-state index contributed by atoms with van der Waals surface area (Å²) in [7, 11) is 0. The number of hydrogen-bond donors (Lipinski definition) is 4. The van der Waals surface area contributed by atoms with Crippen LogP contribution in [0.5, 0.6) is 5.75 Å². The van der Waals surface area contributed by atoms with E-state index in [0.717, 1.165) is 64.3 Å². The number of benzene rings is 6. The molecule has 5 nitrogen and oxygen atoms in total. The standard InChI is InChI=1S/C51H49NO4/c1-31-10-12-32(13-11-31)23-25-52-43-28-36(27-35-17-20-41-38-22-24-50(2,3)29-37(38)30-51(4,5)48(41)46(35)43)40-19-16-34-8-6-7-9-39(34)47(40)44(53)21-15-33-14-18-42(49(55)56)45(54)26-33/h6-22,24,26-28,44,52-54H,23,25,29-30H2,1-5H3,(H,55,56). The average Bonchev–Trinajstić information content (AvgIpc) is 3.16. The lowest BCUT2D eigenvalue weighted by Crippen LogP contribution is -2.28. The third kappa shape index (κ3) is 7.04. The molecule has 0 saturated carbocycles. The van der Waals surface area contributed by atoms with Gasteiger partial charge in [-0.2, -0.15) is 0 Å². The Labute approximate surface area is 329 Å². The van der Waals surface area contributed by atoms with E-state index in [-0.39, 0.29) is 22.1 Å². The predicted octanol–water partition coefficient (Wildman–Crippen LogP) is 12.2. The molecule has 6 aromatic carbocycles. The lowest BCUT2D eigenvalue weighted by atomic mass is 9.64. The zero-order valence-corrected chi connectivity index (χ0v) is 32.8. The van der Waals surface area contributed by atoms with Crippen LogP contribution in [0.4, 0.5) is 5.69 Å². The van der Waals surface area contributed by atoms with Gasteiger partial charge in [0, 0.05) is 23.2 Å². The lowest BCUT2D eigenvalue weighted by molar-refractivity contribution is 0.0693. The van der Waals surface area contributed by atoms with E-state index in [1.54, 1.807) is 18.2 Å². The molecule has 0 saturated heterocycles. The van der Waals surface area contributed by atoms with Crippen LogP contribution in [0.15, 0.2) is 127 Å². The van der Waals surface area contributed by atoms with Crippen LogP contribution in [0.1, 0.15) is 90.4 Å². The van der Waals surface area contributed by atoms with Gasteiger partial charge in [0.1, 0.15) is 11.3 Å². The van der Waals surface area contributed by atoms with Gasteiger partial charge in [-0.15, -0.1) is 0 Å². The highest BCUT2D eigenvalue weighted by atomic mass is 16.4. The molecule has 56 heavy (non-hydrogen) atoms. The number of carboxylic acid groups (broad SMARTS) is 1. The molecule has 4 N–H and O–H groups in total. The largest absolute Gasteiger partial charge is 0.507 e. The number of aromatic carboxylic acids is 1. The summed E-state index contributed by atoms with van der Waals surface area (Å²) in [6.07, 6.45) is 10.1. The van der Waals surface area contributed by atoms with Gasteiger partial charge in [0.15, 0.2) is 0 Å². The van der Waals surface area contributed by atoms with E-state index in [1.165, 1.54) is 50.9 Å². The molecule has 1 unspecified atom stereocenters. The first-order chi connectivity index (χ1) is 26.8. The highest BCUT2D eigenvalue weighted by molar-refractivity contribution is 6.05. The van der Waals surface area contributed by atoms with E-state index in [4.69, 9.17) is 0 Å². The van der Waals surface area contributed by atoms with Crippen molar-refractivity contribution in [1.29, 1.82) is 0 Å². The summed E-state index contributed by atoms with van der Waals surface area (Å²) in [5.74, 6) is -1.52. The van der Waals surface area contributed by atoms with E-state index in [9.17, 15) is 20.1 Å². The van der Waals surface area contributed by atoms with E-state index < -0.39 is 12.1 Å². The van der Waals surface area contributed by atoms with Crippen molar-refractivity contribution in [3.05, 3.63) is 166 Å². The van der Waals surface area contributed by atoms with Crippen molar-refractivity contribution in [2.45, 2.75) is 65.4 Å². The second-order valence-electron chi connectivity index (χ2n) is 17.0. The maximum absolute atomic E-state index is 12.0. The van der Waals surface area contributed by atoms with Crippen LogP contribution in [0.2, 0.25) is 0 Å². The maximum atomic E-state index is 12.0. The second kappa shape index (κ2) is 14.3. The first kappa shape index (κ1) is 37.0. The number of nitrogens with one attached hydrogen (secondary N) is 1. The molecule has 0 spiro atoms. The molecule has 0 fully saturated rings. The number of carboxylic acids is 1. The molecule has 1 atom stereocenters. The van der Waals surface area contributed by atoms with Gasteiger partial charge in [-0.1, -0.05) is 142 Å². The second-order valence-corrected chi connectivity index (χ2v) is 17.0. The van der Waals surface area contributed by atoms with Crippen molar-refractivity contribution in [2.24, 2.45) is 5.41 Å². The Balaban J connectivity index is 1.28. The third-order valence-corrected chi connectivity index (χ3v) is 11.6. The highest BCUT2D eigenvalue weighted by Crippen LogP contribution is 2.52. The highest BCUT2D eigenvalue weighted by Gasteiger charge is 2.37. The van der Waals surface area contributed by atoms with Crippen molar-refractivity contribution < 1.29 is 20.1 Å². The number of aryl methyl sites for hydroxylation is 1. The van der Waals surface area contributed by atoms with Gasteiger partial charge in [-0.05, 0) is 116 Å². The number of fused-ring (bicyclic) bond motifs is 5. The molecular weight excluding hydrogens is 691 g/mol. The van der Waals surface area contributed by atoms with Crippen LogP contribution in [-0.4, -0.2) is 27.8 Å². The molecule has 2 aliphatic carbocycles. The smallest absolute Gasteiger partial charge is 0.339 e. The Morgan fingerprint density at radius 1 is 0.857 bits per heavy atom. The minimum absolute atomic E-state index is 0.0873. The quantitative estimate of drug-likeness (QED) is 0.119. The third-order valence-electron chi connectivity index (χ3n) is 11.6. The first-order valence-corrected chi connectivity index (χ1v) is 19.5. The van der Waals surface area contributed by atoms with E-state index in [2.05, 4.69) is 119 Å². The van der Waals surface area contributed by atoms with Gasteiger partial charge in [0.2, 0.25) is 0 Å². The minimum atomic E-state index is -1.20. The number of carbonyl (C=O) groups is 1. The maximum Gasteiger partial charge on any atom is 0.339 e. The summed E-state index contributed by atoms with van der Waals surface area (Å²) in [5, 5.41) is 40.0. The summed E-state index contributed by atoms with van der Waals surface area (Å²) < 4.78 is 0. The fourth-order valence-electron chi connectivity index (χ4n) is 8.97. The number of phenols is 1. The Morgan fingerprint density at radius 2 is 1.61 bits per heavy atom. The molecule has 0 aliphatic heterocycles. The monoisotopic (exact) mass is 739 g/mol. The fraction of sp³-hybridized carbons (Fsp3) is 0.235. The van der Waals surface area contributed by atoms with Crippen LogP contribution in [0.25, 0.3) is 44.3 Å². The number of aliphatic hydroxyl groups excluding tert-OH is 1. The molecule has 2 aliphatic rings. The molecule has 0 aromatic heterocycles. The SMILES string of the molecule is Cc1ccc(CCNc2cc(-c3ccc4ccccc4c3C(O)C=Cc3ccc(C(=O)O)c(O)c3)cc3ccc4c(c23)C(C)(C)CC2=C4C=CC(C)(C)C2)cc1. The normalized spacial score (nSPS) is 16.2. The van der Waals surface area contributed by atoms with Crippen LogP contribution in [-0.2, 0) is 11.8 Å². The topological polar surface area (TPSA) is 89.8 Å². The van der Waals surface area contributed by atoms with Crippen molar-refractivity contribution in [1.82, 2.24) is 0 Å². The number of allylic oxidation sites excluding steroid dienone is 4. The Kier molecular flexibility index (Phi) is 9.46. The van der Waals surface area contributed by atoms with Gasteiger partial charge >= 0.3 is 5.97 Å². The van der Waals surface area contributed by atoms with Gasteiger partial charge in [-0.3, -0.25) is 0 Å². The number of anilines is 1. The summed E-state index contributed by atoms with van der Waals surface area (Å²) in [6.45, 7) is 12.3. The molecule has 5 heteroatoms. The van der Waals surface area contributed by atoms with E-state index in [1.807, 2.05) is 18.2 Å². The van der Waals surface area contributed by atoms with Crippen molar-refractivity contribution >= 4 is 44.9 Å². The summed E-state index contributed by atoms with van der Waals surface area (Å²) >= 11 is 0. The van der Waals surface area contributed by atoms with Gasteiger partial charge < -0.3 is 20.6 Å². The van der Waals surface area contributed by atoms with Crippen molar-refractivity contribution in [3.63, 3.8) is 0 Å². The molecule has 282 valence electrons. The summed E-state index contributed by atoms with van der Waals surface area (Å²) in [4.78, 5) is 11.5. The van der Waals surface area contributed by atoms with Crippen LogP contribution in [0.3, 0.4) is 0 Å². The van der Waals surface area contributed by atoms with Crippen LogP contribution >= 0.6 is 0 Å². The van der Waals surface area contributed by atoms with Crippen molar-refractivity contribution in [3.8, 4) is 16.9 Å². The van der Waals surface area contributed by atoms with Crippen molar-refractivity contribution in [2.75, 3.05) is 11.9 Å². The summed E-state index contributed by atoms with van der Waals surface area (Å²) in [6, 6.07) is 34.6. The number of rotatable bonds is 9. The molecule has 6 aromatic rings. The number of hydrogen-bond acceptors (Lipinski definition) is 4. The molecule has 0 radical (unpaired) electrons. The lowest BCUT2D eigenvalue weighted by Gasteiger charge is -2.40. The number of aliphatic hydroxyl groups is 1. The zero-order valence-electron chi connectivity index (χ0n) is 32.8. The summed E-state index contributed by atoms with van der Waals surface area (Å²) in [5.41, 5.74) is 12.4. The molecule has 0 bridgehead atoms. The molecule has 0 amide bonds. The molecule has 0 heterocycles. The zero-order chi connectivity index (χ0) is 39.4. The minimum Gasteiger partial charge on any atom is -0.507 e. The van der Waals surface area contributed by atoms with Gasteiger partial charge in [0.05, 0.1) is 6.10 Å². The predicted molar refractivity (Wildman–Crippen MR) is 231 cm³/mol. The molecular formula is C51H49NO4. The van der Waals surface area contributed by atoms with E-state index in [0.29, 0.717) is 5.56 Å². The fourth-order valence-corrected chi connectivity index (χ4v) is 8.97. The van der Waals surface area contributed by atoms with Crippen LogP contribution < -0.4 is 5.32 Å². The molecule has 8 rings (SSSR count). The number of aromatic hydroxyl groups is 1.